The van der Waals surface area contributed by atoms with Crippen molar-refractivity contribution in [2.45, 2.75) is 207 Å². The van der Waals surface area contributed by atoms with Gasteiger partial charge in [0.15, 0.2) is 5.65 Å². The molecule has 2 amide bonds. The molecule has 0 saturated carbocycles. The second-order valence-electron chi connectivity index (χ2n) is 15.0. The number of fused-ring (bicyclic) bond motifs is 1. The molecular formula is C44H76N4O2. The van der Waals surface area contributed by atoms with E-state index in [9.17, 15) is 9.59 Å². The van der Waals surface area contributed by atoms with E-state index >= 15 is 0 Å². The van der Waals surface area contributed by atoms with Gasteiger partial charge in [0.25, 0.3) is 0 Å². The van der Waals surface area contributed by atoms with E-state index in [-0.39, 0.29) is 23.7 Å². The fourth-order valence-corrected chi connectivity index (χ4v) is 7.09. The summed E-state index contributed by atoms with van der Waals surface area (Å²) < 4.78 is 0. The molecule has 6 heteroatoms. The summed E-state index contributed by atoms with van der Waals surface area (Å²) in [5.74, 6) is 1.26. The van der Waals surface area contributed by atoms with Crippen molar-refractivity contribution in [3.8, 4) is 0 Å². The van der Waals surface area contributed by atoms with Crippen LogP contribution in [0.3, 0.4) is 0 Å². The largest absolute Gasteiger partial charge is 0.310 e. The van der Waals surface area contributed by atoms with Crippen molar-refractivity contribution in [2.75, 3.05) is 10.6 Å². The van der Waals surface area contributed by atoms with Crippen LogP contribution in [0, 0.1) is 11.8 Å². The monoisotopic (exact) mass is 693 g/mol. The lowest BCUT2D eigenvalue weighted by atomic mass is 9.93. The van der Waals surface area contributed by atoms with Gasteiger partial charge in [0.05, 0.1) is 0 Å². The Hall–Kier alpha value is -2.50. The minimum absolute atomic E-state index is 0.0126. The average molecular weight is 693 g/mol. The molecule has 0 bridgehead atoms. The molecule has 0 aliphatic carbocycles. The van der Waals surface area contributed by atoms with Crippen molar-refractivity contribution in [1.82, 2.24) is 9.97 Å². The summed E-state index contributed by atoms with van der Waals surface area (Å²) in [4.78, 5) is 36.6. The van der Waals surface area contributed by atoms with Gasteiger partial charge in [-0.25, -0.2) is 9.97 Å². The molecule has 2 aromatic heterocycles. The number of amides is 2. The highest BCUT2D eigenvalue weighted by atomic mass is 16.2. The first kappa shape index (κ1) is 43.7. The molecule has 284 valence electrons. The number of unbranched alkanes of at least 4 members (excludes halogenated alkanes) is 20. The first-order chi connectivity index (χ1) is 24.5. The van der Waals surface area contributed by atoms with Gasteiger partial charge in [-0.05, 0) is 49.9 Å². The Kier molecular flexibility index (Phi) is 25.4. The molecule has 0 radical (unpaired) electrons. The normalized spacial score (nSPS) is 11.6. The fraction of sp³-hybridized carbons (Fsp3) is 0.773. The number of nitrogens with zero attached hydrogens (tertiary/aromatic N) is 2. The predicted octanol–water partition coefficient (Wildman–Crippen LogP) is 13.7. The zero-order chi connectivity index (χ0) is 36.1. The minimum Gasteiger partial charge on any atom is -0.310 e. The van der Waals surface area contributed by atoms with E-state index in [4.69, 9.17) is 9.97 Å². The molecule has 50 heavy (non-hydrogen) atoms. The standard InChI is InChI=1S/C44H76N4O2/c1-5-9-13-17-21-25-29-38(30-26-22-18-14-10-6-2)43(49)47-40-35-33-37-34-36-41(46-42(37)45-40)48-44(50)39(31-27-23-19-15-11-7-3)32-28-24-20-16-12-8-4/h33-36,38-39H,5-32H2,1-4H3,(H2,45,46,47,48,49,50). The number of rotatable bonds is 32. The summed E-state index contributed by atoms with van der Waals surface area (Å²) in [6.07, 6.45) is 33.4. The number of anilines is 2. The lowest BCUT2D eigenvalue weighted by Crippen LogP contribution is -2.24. The number of hydrogen-bond donors (Lipinski definition) is 2. The second-order valence-corrected chi connectivity index (χ2v) is 15.0. The molecule has 0 aliphatic rings. The first-order valence-electron chi connectivity index (χ1n) is 21.4. The van der Waals surface area contributed by atoms with Gasteiger partial charge < -0.3 is 10.6 Å². The highest BCUT2D eigenvalue weighted by molar-refractivity contribution is 5.94. The molecule has 6 nitrogen and oxygen atoms in total. The van der Waals surface area contributed by atoms with Crippen molar-refractivity contribution in [2.24, 2.45) is 11.8 Å². The number of aromatic nitrogens is 2. The van der Waals surface area contributed by atoms with Crippen molar-refractivity contribution in [3.05, 3.63) is 24.3 Å². The van der Waals surface area contributed by atoms with E-state index in [0.29, 0.717) is 17.3 Å². The molecule has 0 aliphatic heterocycles. The van der Waals surface area contributed by atoms with Crippen LogP contribution in [-0.2, 0) is 9.59 Å². The van der Waals surface area contributed by atoms with Gasteiger partial charge in [-0.2, -0.15) is 0 Å². The maximum atomic E-state index is 13.6. The van der Waals surface area contributed by atoms with E-state index in [1.807, 2.05) is 24.3 Å². The van der Waals surface area contributed by atoms with Crippen molar-refractivity contribution < 1.29 is 9.59 Å². The van der Waals surface area contributed by atoms with Gasteiger partial charge in [-0.1, -0.05) is 182 Å². The van der Waals surface area contributed by atoms with Crippen molar-refractivity contribution in [1.29, 1.82) is 0 Å². The number of pyridine rings is 2. The molecule has 2 heterocycles. The maximum Gasteiger partial charge on any atom is 0.228 e. The topological polar surface area (TPSA) is 84.0 Å². The molecular weight excluding hydrogens is 617 g/mol. The summed E-state index contributed by atoms with van der Waals surface area (Å²) in [7, 11) is 0. The zero-order valence-electron chi connectivity index (χ0n) is 33.0. The van der Waals surface area contributed by atoms with Crippen LogP contribution in [0.1, 0.15) is 207 Å². The fourth-order valence-electron chi connectivity index (χ4n) is 7.09. The van der Waals surface area contributed by atoms with Gasteiger partial charge in [0, 0.05) is 17.2 Å². The van der Waals surface area contributed by atoms with Gasteiger partial charge in [-0.3, -0.25) is 9.59 Å². The van der Waals surface area contributed by atoms with E-state index < -0.39 is 0 Å². The van der Waals surface area contributed by atoms with Crippen LogP contribution < -0.4 is 10.6 Å². The average Bonchev–Trinajstić information content (AvgIpc) is 3.12. The summed E-state index contributed by atoms with van der Waals surface area (Å²) in [5.41, 5.74) is 0.549. The summed E-state index contributed by atoms with van der Waals surface area (Å²) >= 11 is 0. The lowest BCUT2D eigenvalue weighted by Gasteiger charge is -2.17. The molecule has 0 saturated heterocycles. The van der Waals surface area contributed by atoms with E-state index in [2.05, 4.69) is 38.3 Å². The Bertz CT molecular complexity index is 1040. The Morgan fingerprint density at radius 1 is 0.440 bits per heavy atom. The third-order valence-corrected chi connectivity index (χ3v) is 10.4. The zero-order valence-corrected chi connectivity index (χ0v) is 33.0. The highest BCUT2D eigenvalue weighted by Crippen LogP contribution is 2.24. The lowest BCUT2D eigenvalue weighted by molar-refractivity contribution is -0.121. The SMILES string of the molecule is CCCCCCCCC(CCCCCCCC)C(=O)Nc1ccc2ccc(NC(=O)C(CCCCCCCC)CCCCCCCC)nc2n1. The molecule has 0 unspecified atom stereocenters. The van der Waals surface area contributed by atoms with Gasteiger partial charge in [-0.15, -0.1) is 0 Å². The minimum atomic E-state index is 0.0126. The molecule has 2 rings (SSSR count). The van der Waals surface area contributed by atoms with E-state index in [0.717, 1.165) is 56.8 Å². The third-order valence-electron chi connectivity index (χ3n) is 10.4. The molecule has 0 aromatic carbocycles. The van der Waals surface area contributed by atoms with Crippen LogP contribution in [-0.4, -0.2) is 21.8 Å². The Morgan fingerprint density at radius 3 is 1.02 bits per heavy atom. The molecule has 2 N–H and O–H groups in total. The molecule has 0 fully saturated rings. The quantitative estimate of drug-likeness (QED) is 0.0748. The van der Waals surface area contributed by atoms with Gasteiger partial charge in [0.1, 0.15) is 11.6 Å². The predicted molar refractivity (Wildman–Crippen MR) is 216 cm³/mol. The summed E-state index contributed by atoms with van der Waals surface area (Å²) in [6, 6.07) is 7.69. The highest BCUT2D eigenvalue weighted by Gasteiger charge is 2.20. The Morgan fingerprint density at radius 2 is 0.720 bits per heavy atom. The third kappa shape index (κ3) is 19.8. The van der Waals surface area contributed by atoms with Crippen LogP contribution in [0.5, 0.6) is 0 Å². The molecule has 0 atom stereocenters. The number of nitrogens with one attached hydrogen (secondary N) is 2. The Labute approximate surface area is 307 Å². The first-order valence-corrected chi connectivity index (χ1v) is 21.4. The smallest absolute Gasteiger partial charge is 0.228 e. The summed E-state index contributed by atoms with van der Waals surface area (Å²) in [5, 5.41) is 7.18. The van der Waals surface area contributed by atoms with Crippen molar-refractivity contribution >= 4 is 34.5 Å². The molecule has 0 spiro atoms. The molecule has 2 aromatic rings. The Balaban J connectivity index is 2.03. The number of carbonyl (C=O) groups is 2. The number of carbonyl (C=O) groups excluding carboxylic acids is 2. The summed E-state index contributed by atoms with van der Waals surface area (Å²) in [6.45, 7) is 9.00. The van der Waals surface area contributed by atoms with Gasteiger partial charge >= 0.3 is 0 Å². The van der Waals surface area contributed by atoms with Crippen LogP contribution in [0.2, 0.25) is 0 Å². The van der Waals surface area contributed by atoms with Crippen LogP contribution >= 0.6 is 0 Å². The number of hydrogen-bond acceptors (Lipinski definition) is 4. The van der Waals surface area contributed by atoms with E-state index in [1.54, 1.807) is 0 Å². The van der Waals surface area contributed by atoms with E-state index in [1.165, 1.54) is 128 Å². The van der Waals surface area contributed by atoms with Crippen LogP contribution in [0.4, 0.5) is 11.6 Å². The van der Waals surface area contributed by atoms with Gasteiger partial charge in [0.2, 0.25) is 11.8 Å². The maximum absolute atomic E-state index is 13.6. The van der Waals surface area contributed by atoms with Crippen LogP contribution in [0.25, 0.3) is 11.0 Å². The second kappa shape index (κ2) is 29.1. The van der Waals surface area contributed by atoms with Crippen LogP contribution in [0.15, 0.2) is 24.3 Å². The van der Waals surface area contributed by atoms with Crippen molar-refractivity contribution in [3.63, 3.8) is 0 Å².